The molecular formula is C18H17NO6. The number of phenols is 1. The summed E-state index contributed by atoms with van der Waals surface area (Å²) in [5.74, 6) is -0.0604. The molecule has 7 nitrogen and oxygen atoms in total. The first-order chi connectivity index (χ1) is 12.0. The van der Waals surface area contributed by atoms with Gasteiger partial charge >= 0.3 is 5.97 Å². The number of rotatable bonds is 4. The van der Waals surface area contributed by atoms with E-state index in [1.54, 1.807) is 18.2 Å². The summed E-state index contributed by atoms with van der Waals surface area (Å²) in [5.41, 5.74) is 0.675. The smallest absolute Gasteiger partial charge is 0.339 e. The SMILES string of the molecule is CC(OC(=O)c1cccc(O)c1)C(=O)Nc1ccc2c(c1)OCCO2. The maximum absolute atomic E-state index is 12.2. The van der Waals surface area contributed by atoms with E-state index in [-0.39, 0.29) is 11.3 Å². The van der Waals surface area contributed by atoms with E-state index in [1.165, 1.54) is 31.2 Å². The minimum absolute atomic E-state index is 0.0529. The summed E-state index contributed by atoms with van der Waals surface area (Å²) < 4.78 is 16.0. The van der Waals surface area contributed by atoms with Crippen molar-refractivity contribution < 1.29 is 28.9 Å². The Morgan fingerprint density at radius 1 is 1.12 bits per heavy atom. The van der Waals surface area contributed by atoms with E-state index in [0.717, 1.165) is 0 Å². The van der Waals surface area contributed by atoms with Crippen molar-refractivity contribution in [2.24, 2.45) is 0 Å². The van der Waals surface area contributed by atoms with Gasteiger partial charge in [0.25, 0.3) is 5.91 Å². The van der Waals surface area contributed by atoms with Crippen LogP contribution >= 0.6 is 0 Å². The van der Waals surface area contributed by atoms with Crippen LogP contribution in [0.5, 0.6) is 17.2 Å². The predicted octanol–water partition coefficient (Wildman–Crippen LogP) is 2.35. The maximum Gasteiger partial charge on any atom is 0.339 e. The van der Waals surface area contributed by atoms with Gasteiger partial charge in [0.1, 0.15) is 19.0 Å². The molecule has 1 atom stereocenters. The van der Waals surface area contributed by atoms with E-state index in [9.17, 15) is 14.7 Å². The normalized spacial score (nSPS) is 13.6. The van der Waals surface area contributed by atoms with Gasteiger partial charge in [-0.25, -0.2) is 4.79 Å². The van der Waals surface area contributed by atoms with E-state index in [1.807, 2.05) is 0 Å². The van der Waals surface area contributed by atoms with Gasteiger partial charge in [0, 0.05) is 11.8 Å². The summed E-state index contributed by atoms with van der Waals surface area (Å²) in [5, 5.41) is 12.0. The molecule has 0 fully saturated rings. The first kappa shape index (κ1) is 16.6. The number of carbonyl (C=O) groups is 2. The average Bonchev–Trinajstić information content (AvgIpc) is 2.61. The highest BCUT2D eigenvalue weighted by Crippen LogP contribution is 2.32. The lowest BCUT2D eigenvalue weighted by Gasteiger charge is -2.19. The first-order valence-corrected chi connectivity index (χ1v) is 7.73. The van der Waals surface area contributed by atoms with Gasteiger partial charge < -0.3 is 24.6 Å². The zero-order valence-electron chi connectivity index (χ0n) is 13.5. The van der Waals surface area contributed by atoms with E-state index in [4.69, 9.17) is 14.2 Å². The summed E-state index contributed by atoms with van der Waals surface area (Å²) in [6, 6.07) is 10.8. The number of fused-ring (bicyclic) bond motifs is 1. The van der Waals surface area contributed by atoms with Crippen LogP contribution in [0.25, 0.3) is 0 Å². The van der Waals surface area contributed by atoms with Crippen LogP contribution in [0.3, 0.4) is 0 Å². The minimum atomic E-state index is -1.01. The quantitative estimate of drug-likeness (QED) is 0.828. The molecule has 130 valence electrons. The van der Waals surface area contributed by atoms with E-state index in [2.05, 4.69) is 5.32 Å². The van der Waals surface area contributed by atoms with Gasteiger partial charge in [-0.15, -0.1) is 0 Å². The molecule has 0 saturated carbocycles. The minimum Gasteiger partial charge on any atom is -0.508 e. The zero-order valence-corrected chi connectivity index (χ0v) is 13.5. The fraction of sp³-hybridized carbons (Fsp3) is 0.222. The molecule has 3 rings (SSSR count). The molecule has 2 aromatic rings. The topological polar surface area (TPSA) is 94.1 Å². The summed E-state index contributed by atoms with van der Waals surface area (Å²) in [7, 11) is 0. The van der Waals surface area contributed by atoms with Crippen molar-refractivity contribution in [1.29, 1.82) is 0 Å². The Balaban J connectivity index is 1.62. The average molecular weight is 343 g/mol. The number of ether oxygens (including phenoxy) is 3. The third-order valence-electron chi connectivity index (χ3n) is 3.54. The highest BCUT2D eigenvalue weighted by Gasteiger charge is 2.20. The molecule has 7 heteroatoms. The molecule has 1 unspecified atom stereocenters. The Hall–Kier alpha value is -3.22. The molecular weight excluding hydrogens is 326 g/mol. The highest BCUT2D eigenvalue weighted by atomic mass is 16.6. The third kappa shape index (κ3) is 4.00. The molecule has 0 spiro atoms. The Bertz CT molecular complexity index is 804. The van der Waals surface area contributed by atoms with Crippen molar-refractivity contribution in [1.82, 2.24) is 0 Å². The number of esters is 1. The number of carbonyl (C=O) groups excluding carboxylic acids is 2. The predicted molar refractivity (Wildman–Crippen MR) is 89.0 cm³/mol. The highest BCUT2D eigenvalue weighted by molar-refractivity contribution is 5.97. The van der Waals surface area contributed by atoms with Crippen LogP contribution in [0.2, 0.25) is 0 Å². The van der Waals surface area contributed by atoms with E-state index >= 15 is 0 Å². The summed E-state index contributed by atoms with van der Waals surface area (Å²) in [4.78, 5) is 24.2. The van der Waals surface area contributed by atoms with Crippen LogP contribution < -0.4 is 14.8 Å². The molecule has 1 heterocycles. The second-order valence-corrected chi connectivity index (χ2v) is 5.45. The van der Waals surface area contributed by atoms with Gasteiger partial charge in [-0.3, -0.25) is 4.79 Å². The first-order valence-electron chi connectivity index (χ1n) is 7.73. The number of anilines is 1. The Kier molecular flexibility index (Phi) is 4.74. The Morgan fingerprint density at radius 2 is 1.88 bits per heavy atom. The summed E-state index contributed by atoms with van der Waals surface area (Å²) in [6.07, 6.45) is -1.01. The molecule has 0 saturated heterocycles. The number of hydrogen-bond acceptors (Lipinski definition) is 6. The number of amides is 1. The van der Waals surface area contributed by atoms with Crippen molar-refractivity contribution in [2.75, 3.05) is 18.5 Å². The van der Waals surface area contributed by atoms with Crippen molar-refractivity contribution >= 4 is 17.6 Å². The van der Waals surface area contributed by atoms with Gasteiger partial charge in [-0.1, -0.05) is 6.07 Å². The number of nitrogens with one attached hydrogen (secondary N) is 1. The molecule has 1 amide bonds. The zero-order chi connectivity index (χ0) is 17.8. The summed E-state index contributed by atoms with van der Waals surface area (Å²) >= 11 is 0. The lowest BCUT2D eigenvalue weighted by molar-refractivity contribution is -0.123. The fourth-order valence-electron chi connectivity index (χ4n) is 2.28. The molecule has 2 N–H and O–H groups in total. The van der Waals surface area contributed by atoms with Crippen LogP contribution in [0.1, 0.15) is 17.3 Å². The maximum atomic E-state index is 12.2. The van der Waals surface area contributed by atoms with Crippen LogP contribution in [0.15, 0.2) is 42.5 Å². The van der Waals surface area contributed by atoms with Crippen LogP contribution in [0.4, 0.5) is 5.69 Å². The lowest BCUT2D eigenvalue weighted by Crippen LogP contribution is -2.30. The van der Waals surface area contributed by atoms with Crippen LogP contribution in [-0.4, -0.2) is 36.3 Å². The van der Waals surface area contributed by atoms with Gasteiger partial charge in [0.05, 0.1) is 5.56 Å². The Morgan fingerprint density at radius 3 is 2.64 bits per heavy atom. The van der Waals surface area contributed by atoms with Crippen molar-refractivity contribution in [3.63, 3.8) is 0 Å². The van der Waals surface area contributed by atoms with Crippen LogP contribution in [0, 0.1) is 0 Å². The molecule has 0 radical (unpaired) electrons. The van der Waals surface area contributed by atoms with Gasteiger partial charge in [0.15, 0.2) is 17.6 Å². The summed E-state index contributed by atoms with van der Waals surface area (Å²) in [6.45, 7) is 2.40. The van der Waals surface area contributed by atoms with E-state index in [0.29, 0.717) is 30.4 Å². The largest absolute Gasteiger partial charge is 0.508 e. The molecule has 0 bridgehead atoms. The number of phenolic OH excluding ortho intramolecular Hbond substituents is 1. The monoisotopic (exact) mass is 343 g/mol. The number of aromatic hydroxyl groups is 1. The second-order valence-electron chi connectivity index (χ2n) is 5.45. The molecule has 25 heavy (non-hydrogen) atoms. The molecule has 0 aliphatic carbocycles. The van der Waals surface area contributed by atoms with Crippen molar-refractivity contribution in [3.05, 3.63) is 48.0 Å². The van der Waals surface area contributed by atoms with Gasteiger partial charge in [-0.05, 0) is 37.3 Å². The number of hydrogen-bond donors (Lipinski definition) is 2. The van der Waals surface area contributed by atoms with Gasteiger partial charge in [0.2, 0.25) is 0 Å². The van der Waals surface area contributed by atoms with Gasteiger partial charge in [-0.2, -0.15) is 0 Å². The molecule has 1 aliphatic rings. The van der Waals surface area contributed by atoms with Crippen molar-refractivity contribution in [2.45, 2.75) is 13.0 Å². The lowest BCUT2D eigenvalue weighted by atomic mass is 10.2. The second kappa shape index (κ2) is 7.12. The third-order valence-corrected chi connectivity index (χ3v) is 3.54. The standard InChI is InChI=1S/C18H17NO6/c1-11(25-18(22)12-3-2-4-14(20)9-12)17(21)19-13-5-6-15-16(10-13)24-8-7-23-15/h2-6,9-11,20H,7-8H2,1H3,(H,19,21). The van der Waals surface area contributed by atoms with Crippen LogP contribution in [-0.2, 0) is 9.53 Å². The molecule has 2 aromatic carbocycles. The van der Waals surface area contributed by atoms with Crippen molar-refractivity contribution in [3.8, 4) is 17.2 Å². The van der Waals surface area contributed by atoms with E-state index < -0.39 is 18.0 Å². The fourth-order valence-corrected chi connectivity index (χ4v) is 2.28. The Labute approximate surface area is 144 Å². The number of benzene rings is 2. The molecule has 0 aromatic heterocycles. The molecule has 1 aliphatic heterocycles.